The largest absolute Gasteiger partial charge is 0.484 e. The zero-order chi connectivity index (χ0) is 15.2. The number of hydrogen-bond acceptors (Lipinski definition) is 4. The number of hydrogen-bond donors (Lipinski definition) is 1. The fraction of sp³-hybridized carbons (Fsp3) is 0.400. The van der Waals surface area contributed by atoms with Crippen LogP contribution in [0.15, 0.2) is 24.3 Å². The van der Waals surface area contributed by atoms with Gasteiger partial charge in [0.05, 0.1) is 11.6 Å². The first kappa shape index (κ1) is 14.9. The third kappa shape index (κ3) is 3.72. The van der Waals surface area contributed by atoms with Crippen molar-refractivity contribution in [2.45, 2.75) is 25.3 Å². The fourth-order valence-corrected chi connectivity index (χ4v) is 2.34. The van der Waals surface area contributed by atoms with Gasteiger partial charge in [0.15, 0.2) is 6.61 Å². The number of piperidine rings is 1. The molecule has 1 aromatic rings. The van der Waals surface area contributed by atoms with Crippen LogP contribution in [0.3, 0.4) is 0 Å². The highest BCUT2D eigenvalue weighted by molar-refractivity contribution is 5.84. The van der Waals surface area contributed by atoms with Crippen LogP contribution in [0.25, 0.3) is 0 Å². The van der Waals surface area contributed by atoms with Crippen molar-refractivity contribution in [3.8, 4) is 11.8 Å². The smallest absolute Gasteiger partial charge is 0.326 e. The van der Waals surface area contributed by atoms with E-state index in [4.69, 9.17) is 15.1 Å². The first-order chi connectivity index (χ1) is 10.1. The van der Waals surface area contributed by atoms with E-state index in [-0.39, 0.29) is 12.5 Å². The Morgan fingerprint density at radius 2 is 2.05 bits per heavy atom. The summed E-state index contributed by atoms with van der Waals surface area (Å²) in [5.41, 5.74) is 0.510. The van der Waals surface area contributed by atoms with Crippen molar-refractivity contribution in [3.63, 3.8) is 0 Å². The summed E-state index contributed by atoms with van der Waals surface area (Å²) in [6.07, 6.45) is 2.11. The minimum atomic E-state index is -0.971. The molecule has 1 atom stereocenters. The number of carboxylic acids is 1. The molecule has 1 aliphatic heterocycles. The first-order valence-electron chi connectivity index (χ1n) is 6.77. The molecule has 1 amide bonds. The molecule has 0 radical (unpaired) electrons. The Morgan fingerprint density at radius 3 is 2.67 bits per heavy atom. The maximum atomic E-state index is 12.1. The van der Waals surface area contributed by atoms with Gasteiger partial charge in [-0.15, -0.1) is 0 Å². The average molecular weight is 288 g/mol. The van der Waals surface area contributed by atoms with E-state index in [0.717, 1.165) is 12.8 Å². The summed E-state index contributed by atoms with van der Waals surface area (Å²) in [5, 5.41) is 17.8. The molecule has 0 aromatic heterocycles. The van der Waals surface area contributed by atoms with E-state index in [1.165, 1.54) is 4.90 Å². The number of aliphatic carboxylic acids is 1. The summed E-state index contributed by atoms with van der Waals surface area (Å²) >= 11 is 0. The van der Waals surface area contributed by atoms with Crippen molar-refractivity contribution < 1.29 is 19.4 Å². The molecule has 1 saturated heterocycles. The third-order valence-corrected chi connectivity index (χ3v) is 3.45. The molecule has 1 heterocycles. The van der Waals surface area contributed by atoms with Crippen LogP contribution in [-0.2, 0) is 9.59 Å². The number of carbonyl (C=O) groups excluding carboxylic acids is 1. The fourth-order valence-electron chi connectivity index (χ4n) is 2.34. The number of carboxylic acid groups (broad SMARTS) is 1. The van der Waals surface area contributed by atoms with Crippen molar-refractivity contribution in [2.75, 3.05) is 13.2 Å². The number of carbonyl (C=O) groups is 2. The molecule has 0 spiro atoms. The molecule has 0 unspecified atom stereocenters. The van der Waals surface area contributed by atoms with Crippen molar-refractivity contribution in [2.24, 2.45) is 0 Å². The van der Waals surface area contributed by atoms with Crippen molar-refractivity contribution in [3.05, 3.63) is 29.8 Å². The number of amides is 1. The van der Waals surface area contributed by atoms with Crippen molar-refractivity contribution in [1.82, 2.24) is 4.90 Å². The van der Waals surface area contributed by atoms with Crippen LogP contribution in [0.4, 0.5) is 0 Å². The lowest BCUT2D eigenvalue weighted by Crippen LogP contribution is -2.49. The molecular formula is C15H16N2O4. The van der Waals surface area contributed by atoms with Gasteiger partial charge in [-0.25, -0.2) is 4.79 Å². The zero-order valence-corrected chi connectivity index (χ0v) is 11.5. The summed E-state index contributed by atoms with van der Waals surface area (Å²) in [6, 6.07) is 7.65. The molecule has 0 aliphatic carbocycles. The van der Waals surface area contributed by atoms with Crippen LogP contribution in [-0.4, -0.2) is 41.1 Å². The van der Waals surface area contributed by atoms with Gasteiger partial charge >= 0.3 is 5.97 Å². The molecule has 21 heavy (non-hydrogen) atoms. The molecule has 1 aliphatic rings. The van der Waals surface area contributed by atoms with Crippen LogP contribution in [0.2, 0.25) is 0 Å². The lowest BCUT2D eigenvalue weighted by atomic mass is 10.0. The molecule has 0 bridgehead atoms. The number of nitriles is 1. The normalized spacial score (nSPS) is 17.9. The van der Waals surface area contributed by atoms with Gasteiger partial charge in [-0.05, 0) is 43.5 Å². The summed E-state index contributed by atoms with van der Waals surface area (Å²) in [4.78, 5) is 24.6. The van der Waals surface area contributed by atoms with Gasteiger partial charge in [-0.3, -0.25) is 4.79 Å². The van der Waals surface area contributed by atoms with E-state index in [0.29, 0.717) is 24.3 Å². The third-order valence-electron chi connectivity index (χ3n) is 3.45. The second-order valence-electron chi connectivity index (χ2n) is 4.86. The van der Waals surface area contributed by atoms with Crippen LogP contribution in [0.5, 0.6) is 5.75 Å². The Hall–Kier alpha value is -2.55. The van der Waals surface area contributed by atoms with Crippen LogP contribution in [0, 0.1) is 11.3 Å². The van der Waals surface area contributed by atoms with E-state index in [1.807, 2.05) is 6.07 Å². The van der Waals surface area contributed by atoms with E-state index in [9.17, 15) is 9.59 Å². The van der Waals surface area contributed by atoms with Crippen LogP contribution in [0.1, 0.15) is 24.8 Å². The predicted octanol–water partition coefficient (Wildman–Crippen LogP) is 1.40. The van der Waals surface area contributed by atoms with E-state index in [2.05, 4.69) is 0 Å². The monoisotopic (exact) mass is 288 g/mol. The molecule has 110 valence electrons. The Morgan fingerprint density at radius 1 is 1.33 bits per heavy atom. The van der Waals surface area contributed by atoms with Crippen LogP contribution >= 0.6 is 0 Å². The molecule has 2 rings (SSSR count). The Balaban J connectivity index is 1.93. The predicted molar refractivity (Wildman–Crippen MR) is 73.6 cm³/mol. The van der Waals surface area contributed by atoms with Gasteiger partial charge in [0.2, 0.25) is 0 Å². The molecule has 1 fully saturated rings. The molecule has 0 saturated carbocycles. The van der Waals surface area contributed by atoms with Gasteiger partial charge in [-0.1, -0.05) is 0 Å². The highest BCUT2D eigenvalue weighted by Gasteiger charge is 2.31. The minimum Gasteiger partial charge on any atom is -0.484 e. The number of likely N-dealkylation sites (tertiary alicyclic amines) is 1. The second-order valence-corrected chi connectivity index (χ2v) is 4.86. The zero-order valence-electron chi connectivity index (χ0n) is 11.5. The first-order valence-corrected chi connectivity index (χ1v) is 6.77. The van der Waals surface area contributed by atoms with E-state index < -0.39 is 12.0 Å². The molecule has 1 aromatic carbocycles. The Bertz CT molecular complexity index is 562. The number of ether oxygens (including phenoxy) is 1. The molecule has 6 nitrogen and oxygen atoms in total. The van der Waals surface area contributed by atoms with E-state index >= 15 is 0 Å². The quantitative estimate of drug-likeness (QED) is 0.904. The lowest BCUT2D eigenvalue weighted by Gasteiger charge is -2.32. The van der Waals surface area contributed by atoms with Gasteiger partial charge in [-0.2, -0.15) is 5.26 Å². The van der Waals surface area contributed by atoms with Gasteiger partial charge in [0.25, 0.3) is 5.91 Å². The van der Waals surface area contributed by atoms with Crippen LogP contribution < -0.4 is 4.74 Å². The number of benzene rings is 1. The maximum absolute atomic E-state index is 12.1. The Kier molecular flexibility index (Phi) is 4.77. The summed E-state index contributed by atoms with van der Waals surface area (Å²) in [7, 11) is 0. The topological polar surface area (TPSA) is 90.6 Å². The van der Waals surface area contributed by atoms with Gasteiger partial charge < -0.3 is 14.7 Å². The molecule has 6 heteroatoms. The highest BCUT2D eigenvalue weighted by Crippen LogP contribution is 2.18. The molecular weight excluding hydrogens is 272 g/mol. The van der Waals surface area contributed by atoms with Gasteiger partial charge in [0, 0.05) is 6.54 Å². The second kappa shape index (κ2) is 6.75. The van der Waals surface area contributed by atoms with Crippen molar-refractivity contribution in [1.29, 1.82) is 5.26 Å². The summed E-state index contributed by atoms with van der Waals surface area (Å²) < 4.78 is 5.36. The summed E-state index contributed by atoms with van der Waals surface area (Å²) in [5.74, 6) is -0.820. The van der Waals surface area contributed by atoms with Gasteiger partial charge in [0.1, 0.15) is 11.8 Å². The number of rotatable bonds is 4. The van der Waals surface area contributed by atoms with Crippen molar-refractivity contribution >= 4 is 11.9 Å². The number of nitrogens with zero attached hydrogens (tertiary/aromatic N) is 2. The molecule has 1 N–H and O–H groups in total. The Labute approximate surface area is 122 Å². The SMILES string of the molecule is N#Cc1ccc(OCC(=O)N2CCCC[C@H]2C(=O)O)cc1. The highest BCUT2D eigenvalue weighted by atomic mass is 16.5. The maximum Gasteiger partial charge on any atom is 0.326 e. The summed E-state index contributed by atoms with van der Waals surface area (Å²) in [6.45, 7) is 0.252. The van der Waals surface area contributed by atoms with E-state index in [1.54, 1.807) is 24.3 Å². The lowest BCUT2D eigenvalue weighted by molar-refractivity contribution is -0.152. The standard InChI is InChI=1S/C15H16N2O4/c16-9-11-4-6-12(7-5-11)21-10-14(18)17-8-2-1-3-13(17)15(19)20/h4-7,13H,1-3,8,10H2,(H,19,20)/t13-/m0/s1. The average Bonchev–Trinajstić information content (AvgIpc) is 2.53. The minimum absolute atomic E-state index is 0.199.